The smallest absolute Gasteiger partial charge is 0.449 e. The second-order valence-electron chi connectivity index (χ2n) is 8.89. The van der Waals surface area contributed by atoms with E-state index in [4.69, 9.17) is 5.11 Å². The maximum absolute atomic E-state index is 10.8. The minimum atomic E-state index is -1.63. The van der Waals surface area contributed by atoms with Crippen LogP contribution >= 0.6 is 0 Å². The molecule has 0 radical (unpaired) electrons. The van der Waals surface area contributed by atoms with Crippen molar-refractivity contribution in [3.8, 4) is 0 Å². The van der Waals surface area contributed by atoms with Gasteiger partial charge in [0.2, 0.25) is 0 Å². The molecule has 0 aliphatic carbocycles. The molecule has 0 aromatic carbocycles. The number of hydrogen-bond acceptors (Lipinski definition) is 4. The van der Waals surface area contributed by atoms with E-state index in [-0.39, 0.29) is 6.61 Å². The molecule has 0 aliphatic heterocycles. The summed E-state index contributed by atoms with van der Waals surface area (Å²) in [5.41, 5.74) is 0. The van der Waals surface area contributed by atoms with E-state index in [9.17, 15) is 9.59 Å². The molecule has 0 aromatic heterocycles. The van der Waals surface area contributed by atoms with E-state index < -0.39 is 12.3 Å². The van der Waals surface area contributed by atoms with Crippen LogP contribution < -0.4 is 0 Å². The van der Waals surface area contributed by atoms with Crippen LogP contribution in [0.3, 0.4) is 0 Å². The third-order valence-electron chi connectivity index (χ3n) is 5.89. The summed E-state index contributed by atoms with van der Waals surface area (Å²) in [5, 5.41) is 8.24. The average Bonchev–Trinajstić information content (AvgIpc) is 2.73. The predicted molar refractivity (Wildman–Crippen MR) is 128 cm³/mol. The molecule has 0 saturated carbocycles. The molecule has 0 unspecified atom stereocenters. The van der Waals surface area contributed by atoms with E-state index in [1.807, 2.05) is 0 Å². The number of hydrogen-bond donors (Lipinski definition) is 1. The fourth-order valence-corrected chi connectivity index (χ4v) is 3.97. The van der Waals surface area contributed by atoms with Crippen LogP contribution in [-0.2, 0) is 9.47 Å². The summed E-state index contributed by atoms with van der Waals surface area (Å²) in [6.45, 7) is 2.51. The first-order valence-corrected chi connectivity index (χ1v) is 13.2. The zero-order chi connectivity index (χ0) is 22.8. The Morgan fingerprint density at radius 1 is 0.516 bits per heavy atom. The van der Waals surface area contributed by atoms with E-state index in [2.05, 4.69) is 16.4 Å². The standard InChI is InChI=1S/C26H50O5/c1-2-3-4-5-6-7-8-9-10-11-12-13-14-15-16-17-18-19-20-21-22-23-24-30-26(29)31-25(27)28/h2-24H2,1H3,(H,27,28). The van der Waals surface area contributed by atoms with Crippen molar-refractivity contribution in [2.45, 2.75) is 148 Å². The quantitative estimate of drug-likeness (QED) is 0.0968. The Bertz CT molecular complexity index is 397. The fourth-order valence-electron chi connectivity index (χ4n) is 3.97. The summed E-state index contributed by atoms with van der Waals surface area (Å²) in [5.74, 6) is 0. The minimum absolute atomic E-state index is 0.227. The van der Waals surface area contributed by atoms with Crippen molar-refractivity contribution in [1.82, 2.24) is 0 Å². The van der Waals surface area contributed by atoms with Crippen LogP contribution in [0.5, 0.6) is 0 Å². The number of ether oxygens (including phenoxy) is 2. The molecule has 0 aromatic rings. The van der Waals surface area contributed by atoms with Crippen LogP contribution in [0.4, 0.5) is 9.59 Å². The maximum atomic E-state index is 10.8. The molecule has 0 fully saturated rings. The third-order valence-corrected chi connectivity index (χ3v) is 5.89. The second kappa shape index (κ2) is 25.0. The SMILES string of the molecule is CCCCCCCCCCCCCCCCCCCCCCCCOC(=O)OC(=O)O. The van der Waals surface area contributed by atoms with Gasteiger partial charge in [0.1, 0.15) is 0 Å². The van der Waals surface area contributed by atoms with Gasteiger partial charge < -0.3 is 14.6 Å². The Morgan fingerprint density at radius 2 is 0.806 bits per heavy atom. The summed E-state index contributed by atoms with van der Waals surface area (Å²) >= 11 is 0. The van der Waals surface area contributed by atoms with Crippen LogP contribution in [0.1, 0.15) is 148 Å². The van der Waals surface area contributed by atoms with Gasteiger partial charge in [-0.25, -0.2) is 9.59 Å². The van der Waals surface area contributed by atoms with Gasteiger partial charge in [0.25, 0.3) is 0 Å². The molecular weight excluding hydrogens is 392 g/mol. The van der Waals surface area contributed by atoms with E-state index in [0.717, 1.165) is 19.3 Å². The summed E-state index contributed by atoms with van der Waals surface area (Å²) in [6.07, 6.45) is 26.6. The molecule has 184 valence electrons. The highest BCUT2D eigenvalue weighted by atomic mass is 16.8. The summed E-state index contributed by atoms with van der Waals surface area (Å²) in [4.78, 5) is 21.0. The summed E-state index contributed by atoms with van der Waals surface area (Å²) < 4.78 is 8.51. The number of carbonyl (C=O) groups excluding carboxylic acids is 1. The number of carboxylic acid groups (broad SMARTS) is 1. The zero-order valence-corrected chi connectivity index (χ0v) is 20.3. The molecule has 0 saturated heterocycles. The lowest BCUT2D eigenvalue weighted by atomic mass is 10.0. The van der Waals surface area contributed by atoms with E-state index in [1.165, 1.54) is 122 Å². The van der Waals surface area contributed by atoms with Crippen LogP contribution in [-0.4, -0.2) is 24.0 Å². The molecule has 0 bridgehead atoms. The Balaban J connectivity index is 3.06. The summed E-state index contributed by atoms with van der Waals surface area (Å²) in [6, 6.07) is 0. The Morgan fingerprint density at radius 3 is 1.10 bits per heavy atom. The molecule has 0 heterocycles. The fraction of sp³-hybridized carbons (Fsp3) is 0.923. The molecule has 0 aliphatic rings. The van der Waals surface area contributed by atoms with Crippen LogP contribution in [0.2, 0.25) is 0 Å². The van der Waals surface area contributed by atoms with Crippen molar-refractivity contribution >= 4 is 12.3 Å². The number of unbranched alkanes of at least 4 members (excludes halogenated alkanes) is 21. The topological polar surface area (TPSA) is 72.8 Å². The van der Waals surface area contributed by atoms with Gasteiger partial charge in [0.15, 0.2) is 0 Å². The normalized spacial score (nSPS) is 10.9. The lowest BCUT2D eigenvalue weighted by molar-refractivity contribution is 0.0537. The molecular formula is C26H50O5. The first kappa shape index (κ1) is 29.7. The van der Waals surface area contributed by atoms with Gasteiger partial charge in [-0.2, -0.15) is 0 Å². The van der Waals surface area contributed by atoms with Gasteiger partial charge in [0.05, 0.1) is 6.61 Å². The summed E-state index contributed by atoms with van der Waals surface area (Å²) in [7, 11) is 0. The van der Waals surface area contributed by atoms with Gasteiger partial charge in [-0.1, -0.05) is 142 Å². The van der Waals surface area contributed by atoms with Crippen molar-refractivity contribution in [2.24, 2.45) is 0 Å². The van der Waals surface area contributed by atoms with E-state index in [1.54, 1.807) is 0 Å². The molecule has 0 spiro atoms. The number of carbonyl (C=O) groups is 2. The molecule has 0 atom stereocenters. The van der Waals surface area contributed by atoms with Crippen molar-refractivity contribution in [2.75, 3.05) is 6.61 Å². The van der Waals surface area contributed by atoms with Gasteiger partial charge in [-0.15, -0.1) is 0 Å². The highest BCUT2D eigenvalue weighted by molar-refractivity contribution is 5.75. The lowest BCUT2D eigenvalue weighted by Gasteiger charge is -2.04. The molecule has 1 N–H and O–H groups in total. The van der Waals surface area contributed by atoms with E-state index in [0.29, 0.717) is 0 Å². The van der Waals surface area contributed by atoms with Gasteiger partial charge >= 0.3 is 12.3 Å². The monoisotopic (exact) mass is 442 g/mol. The first-order chi connectivity index (χ1) is 15.2. The van der Waals surface area contributed by atoms with Gasteiger partial charge in [-0.05, 0) is 6.42 Å². The Hall–Kier alpha value is -1.26. The largest absolute Gasteiger partial charge is 0.518 e. The molecule has 0 amide bonds. The van der Waals surface area contributed by atoms with Crippen molar-refractivity contribution in [3.05, 3.63) is 0 Å². The Labute approximate surface area is 191 Å². The maximum Gasteiger partial charge on any atom is 0.518 e. The molecule has 5 nitrogen and oxygen atoms in total. The van der Waals surface area contributed by atoms with Crippen LogP contribution in [0, 0.1) is 0 Å². The highest BCUT2D eigenvalue weighted by Gasteiger charge is 2.08. The van der Waals surface area contributed by atoms with Gasteiger partial charge in [0, 0.05) is 0 Å². The van der Waals surface area contributed by atoms with Crippen molar-refractivity contribution in [1.29, 1.82) is 0 Å². The lowest BCUT2D eigenvalue weighted by Crippen LogP contribution is -2.12. The minimum Gasteiger partial charge on any atom is -0.449 e. The first-order valence-electron chi connectivity index (χ1n) is 13.2. The highest BCUT2D eigenvalue weighted by Crippen LogP contribution is 2.15. The zero-order valence-electron chi connectivity index (χ0n) is 20.3. The number of rotatable bonds is 23. The van der Waals surface area contributed by atoms with E-state index >= 15 is 0 Å². The Kier molecular flexibility index (Phi) is 24.0. The third kappa shape index (κ3) is 26.7. The van der Waals surface area contributed by atoms with Crippen LogP contribution in [0.15, 0.2) is 0 Å². The molecule has 0 rings (SSSR count). The van der Waals surface area contributed by atoms with Gasteiger partial charge in [-0.3, -0.25) is 0 Å². The van der Waals surface area contributed by atoms with Crippen LogP contribution in [0.25, 0.3) is 0 Å². The van der Waals surface area contributed by atoms with Crippen molar-refractivity contribution < 1.29 is 24.2 Å². The predicted octanol–water partition coefficient (Wildman–Crippen LogP) is 9.42. The molecule has 5 heteroatoms. The average molecular weight is 443 g/mol. The molecule has 31 heavy (non-hydrogen) atoms. The second-order valence-corrected chi connectivity index (χ2v) is 8.89. The van der Waals surface area contributed by atoms with Crippen molar-refractivity contribution in [3.63, 3.8) is 0 Å².